The summed E-state index contributed by atoms with van der Waals surface area (Å²) < 4.78 is 30.8. The molecule has 0 spiro atoms. The van der Waals surface area contributed by atoms with Crippen molar-refractivity contribution in [3.8, 4) is 5.75 Å². The maximum Gasteiger partial charge on any atom is 0.258 e. The highest BCUT2D eigenvalue weighted by Gasteiger charge is 2.27. The molecule has 1 amide bonds. The third-order valence-corrected chi connectivity index (χ3v) is 6.55. The standard InChI is InChI=1S/C19H24N2O4S/c1-2-26(23,24)21-11-9-17(10-12-21)20-19(22)14-25-18-8-7-15-5-3-4-6-16(15)13-18/h3-8,13,17H,2,9-12,14H2,1H3,(H,20,22). The Hall–Kier alpha value is -2.12. The molecule has 140 valence electrons. The van der Waals surface area contributed by atoms with Crippen molar-refractivity contribution in [2.75, 3.05) is 25.4 Å². The molecule has 3 rings (SSSR count). The van der Waals surface area contributed by atoms with E-state index in [0.717, 1.165) is 10.8 Å². The van der Waals surface area contributed by atoms with Crippen LogP contribution in [-0.4, -0.2) is 50.1 Å². The molecule has 6 nitrogen and oxygen atoms in total. The number of ether oxygens (including phenoxy) is 1. The molecule has 0 aromatic heterocycles. The lowest BCUT2D eigenvalue weighted by molar-refractivity contribution is -0.124. The molecule has 1 N–H and O–H groups in total. The Morgan fingerprint density at radius 1 is 1.15 bits per heavy atom. The molecule has 1 aliphatic rings. The Labute approximate surface area is 154 Å². The predicted molar refractivity (Wildman–Crippen MR) is 102 cm³/mol. The molecule has 0 bridgehead atoms. The Morgan fingerprint density at radius 3 is 2.54 bits per heavy atom. The number of benzene rings is 2. The lowest BCUT2D eigenvalue weighted by Gasteiger charge is -2.31. The highest BCUT2D eigenvalue weighted by molar-refractivity contribution is 7.89. The molecule has 7 heteroatoms. The van der Waals surface area contributed by atoms with Gasteiger partial charge in [-0.2, -0.15) is 0 Å². The summed E-state index contributed by atoms with van der Waals surface area (Å²) >= 11 is 0. The quantitative estimate of drug-likeness (QED) is 0.838. The molecule has 0 saturated carbocycles. The summed E-state index contributed by atoms with van der Waals surface area (Å²) in [6.07, 6.45) is 1.25. The summed E-state index contributed by atoms with van der Waals surface area (Å²) in [6.45, 7) is 2.50. The summed E-state index contributed by atoms with van der Waals surface area (Å²) in [6, 6.07) is 13.7. The van der Waals surface area contributed by atoms with E-state index in [1.54, 1.807) is 6.92 Å². The van der Waals surface area contributed by atoms with Gasteiger partial charge in [-0.05, 0) is 42.7 Å². The number of nitrogens with one attached hydrogen (secondary N) is 1. The lowest BCUT2D eigenvalue weighted by atomic mass is 10.1. The first-order valence-electron chi connectivity index (χ1n) is 8.87. The summed E-state index contributed by atoms with van der Waals surface area (Å²) in [5, 5.41) is 5.12. The average molecular weight is 376 g/mol. The van der Waals surface area contributed by atoms with Crippen molar-refractivity contribution in [1.29, 1.82) is 0 Å². The van der Waals surface area contributed by atoms with Crippen LogP contribution in [0.1, 0.15) is 19.8 Å². The zero-order chi connectivity index (χ0) is 18.6. The van der Waals surface area contributed by atoms with Crippen molar-refractivity contribution in [1.82, 2.24) is 9.62 Å². The van der Waals surface area contributed by atoms with Crippen molar-refractivity contribution in [3.63, 3.8) is 0 Å². The van der Waals surface area contributed by atoms with Gasteiger partial charge in [-0.1, -0.05) is 30.3 Å². The SMILES string of the molecule is CCS(=O)(=O)N1CCC(NC(=O)COc2ccc3ccccc3c2)CC1. The zero-order valence-electron chi connectivity index (χ0n) is 14.8. The molecule has 26 heavy (non-hydrogen) atoms. The van der Waals surface area contributed by atoms with E-state index in [1.165, 1.54) is 4.31 Å². The predicted octanol–water partition coefficient (Wildman–Crippen LogP) is 2.15. The normalized spacial score (nSPS) is 16.5. The molecule has 0 atom stereocenters. The van der Waals surface area contributed by atoms with Gasteiger partial charge in [0.05, 0.1) is 5.75 Å². The molecule has 2 aromatic rings. The number of rotatable bonds is 6. The van der Waals surface area contributed by atoms with Crippen LogP contribution >= 0.6 is 0 Å². The number of carbonyl (C=O) groups is 1. The highest BCUT2D eigenvalue weighted by Crippen LogP contribution is 2.20. The van der Waals surface area contributed by atoms with Gasteiger partial charge < -0.3 is 10.1 Å². The second kappa shape index (κ2) is 8.05. The number of sulfonamides is 1. The fourth-order valence-corrected chi connectivity index (χ4v) is 4.27. The fraction of sp³-hybridized carbons (Fsp3) is 0.421. The Bertz CT molecular complexity index is 874. The van der Waals surface area contributed by atoms with Crippen molar-refractivity contribution >= 4 is 26.7 Å². The lowest BCUT2D eigenvalue weighted by Crippen LogP contribution is -2.47. The first kappa shape index (κ1) is 18.7. The van der Waals surface area contributed by atoms with Gasteiger partial charge in [0, 0.05) is 19.1 Å². The second-order valence-electron chi connectivity index (χ2n) is 6.44. The highest BCUT2D eigenvalue weighted by atomic mass is 32.2. The Kier molecular flexibility index (Phi) is 5.78. The Morgan fingerprint density at radius 2 is 1.85 bits per heavy atom. The number of nitrogens with zero attached hydrogens (tertiary/aromatic N) is 1. The van der Waals surface area contributed by atoms with E-state index in [-0.39, 0.29) is 24.3 Å². The van der Waals surface area contributed by atoms with E-state index in [1.807, 2.05) is 42.5 Å². The fourth-order valence-electron chi connectivity index (χ4n) is 3.14. The summed E-state index contributed by atoms with van der Waals surface area (Å²) in [7, 11) is -3.14. The zero-order valence-corrected chi connectivity index (χ0v) is 15.7. The molecule has 1 aliphatic heterocycles. The molecule has 0 radical (unpaired) electrons. The number of hydrogen-bond donors (Lipinski definition) is 1. The largest absolute Gasteiger partial charge is 0.484 e. The van der Waals surface area contributed by atoms with Crippen LogP contribution in [0.15, 0.2) is 42.5 Å². The minimum atomic E-state index is -3.14. The van der Waals surface area contributed by atoms with Gasteiger partial charge in [-0.3, -0.25) is 4.79 Å². The van der Waals surface area contributed by atoms with Crippen LogP contribution in [0, 0.1) is 0 Å². The van der Waals surface area contributed by atoms with Gasteiger partial charge in [-0.15, -0.1) is 0 Å². The number of piperidine rings is 1. The molecule has 0 unspecified atom stereocenters. The van der Waals surface area contributed by atoms with Crippen molar-refractivity contribution in [2.24, 2.45) is 0 Å². The smallest absolute Gasteiger partial charge is 0.258 e. The second-order valence-corrected chi connectivity index (χ2v) is 8.70. The van der Waals surface area contributed by atoms with Crippen molar-refractivity contribution < 1.29 is 17.9 Å². The third kappa shape index (κ3) is 4.53. The summed E-state index contributed by atoms with van der Waals surface area (Å²) in [4.78, 5) is 12.1. The van der Waals surface area contributed by atoms with Gasteiger partial charge in [-0.25, -0.2) is 12.7 Å². The van der Waals surface area contributed by atoms with E-state index in [0.29, 0.717) is 31.7 Å². The van der Waals surface area contributed by atoms with E-state index in [9.17, 15) is 13.2 Å². The number of carbonyl (C=O) groups excluding carboxylic acids is 1. The average Bonchev–Trinajstić information content (AvgIpc) is 2.66. The van der Waals surface area contributed by atoms with Crippen LogP contribution in [0.4, 0.5) is 0 Å². The van der Waals surface area contributed by atoms with Crippen molar-refractivity contribution in [3.05, 3.63) is 42.5 Å². The molecule has 1 saturated heterocycles. The van der Waals surface area contributed by atoms with E-state index in [2.05, 4.69) is 5.32 Å². The monoisotopic (exact) mass is 376 g/mol. The van der Waals surface area contributed by atoms with Crippen LogP contribution in [-0.2, 0) is 14.8 Å². The van der Waals surface area contributed by atoms with Gasteiger partial charge in [0.1, 0.15) is 5.75 Å². The van der Waals surface area contributed by atoms with E-state index >= 15 is 0 Å². The van der Waals surface area contributed by atoms with Gasteiger partial charge in [0.25, 0.3) is 5.91 Å². The molecule has 2 aromatic carbocycles. The summed E-state index contributed by atoms with van der Waals surface area (Å²) in [5.41, 5.74) is 0. The van der Waals surface area contributed by atoms with Crippen LogP contribution < -0.4 is 10.1 Å². The van der Waals surface area contributed by atoms with Crippen molar-refractivity contribution in [2.45, 2.75) is 25.8 Å². The Balaban J connectivity index is 1.47. The molecule has 1 fully saturated rings. The molecular weight excluding hydrogens is 352 g/mol. The van der Waals surface area contributed by atoms with Crippen LogP contribution in [0.5, 0.6) is 5.75 Å². The summed E-state index contributed by atoms with van der Waals surface area (Å²) in [5.74, 6) is 0.585. The van der Waals surface area contributed by atoms with E-state index in [4.69, 9.17) is 4.74 Å². The minimum absolute atomic E-state index is 0.00832. The first-order valence-corrected chi connectivity index (χ1v) is 10.5. The van der Waals surface area contributed by atoms with Crippen LogP contribution in [0.2, 0.25) is 0 Å². The molecule has 0 aliphatic carbocycles. The first-order chi connectivity index (χ1) is 12.5. The van der Waals surface area contributed by atoms with Crippen LogP contribution in [0.25, 0.3) is 10.8 Å². The third-order valence-electron chi connectivity index (χ3n) is 4.67. The van der Waals surface area contributed by atoms with Gasteiger partial charge >= 0.3 is 0 Å². The number of hydrogen-bond acceptors (Lipinski definition) is 4. The van der Waals surface area contributed by atoms with Gasteiger partial charge in [0.15, 0.2) is 6.61 Å². The number of amides is 1. The minimum Gasteiger partial charge on any atom is -0.484 e. The van der Waals surface area contributed by atoms with E-state index < -0.39 is 10.0 Å². The molecular formula is C19H24N2O4S. The topological polar surface area (TPSA) is 75.7 Å². The maximum atomic E-state index is 12.1. The van der Waals surface area contributed by atoms with Gasteiger partial charge in [0.2, 0.25) is 10.0 Å². The maximum absolute atomic E-state index is 12.1. The molecule has 1 heterocycles. The van der Waals surface area contributed by atoms with Crippen LogP contribution in [0.3, 0.4) is 0 Å². The number of fused-ring (bicyclic) bond motifs is 1.